The second-order valence-corrected chi connectivity index (χ2v) is 4.61. The van der Waals surface area contributed by atoms with E-state index in [1.807, 2.05) is 18.2 Å². The number of ether oxygens (including phenoxy) is 3. The molecule has 1 aromatic rings. The molecule has 0 spiro atoms. The van der Waals surface area contributed by atoms with E-state index in [4.69, 9.17) is 19.9 Å². The standard InChI is InChI=1S/C14H21NO3/c1-16-13-7-6-10(8-14(13)17-2)12(15)9-18-11-4-3-5-11/h6-8,11-12H,3-5,9,15H2,1-2H3. The van der Waals surface area contributed by atoms with Crippen LogP contribution in [0.25, 0.3) is 0 Å². The van der Waals surface area contributed by atoms with Gasteiger partial charge in [-0.2, -0.15) is 0 Å². The molecule has 1 aliphatic carbocycles. The third-order valence-corrected chi connectivity index (χ3v) is 3.40. The van der Waals surface area contributed by atoms with Gasteiger partial charge >= 0.3 is 0 Å². The Morgan fingerprint density at radius 1 is 1.22 bits per heavy atom. The number of nitrogens with two attached hydrogens (primary N) is 1. The summed E-state index contributed by atoms with van der Waals surface area (Å²) in [5.41, 5.74) is 7.12. The molecule has 1 atom stereocenters. The Bertz CT molecular complexity index is 391. The minimum absolute atomic E-state index is 0.120. The molecule has 0 amide bonds. The number of rotatable bonds is 6. The molecule has 1 saturated carbocycles. The van der Waals surface area contributed by atoms with Gasteiger partial charge in [-0.1, -0.05) is 6.07 Å². The van der Waals surface area contributed by atoms with Gasteiger partial charge in [-0.05, 0) is 37.0 Å². The van der Waals surface area contributed by atoms with E-state index in [2.05, 4.69) is 0 Å². The highest BCUT2D eigenvalue weighted by atomic mass is 16.5. The highest BCUT2D eigenvalue weighted by molar-refractivity contribution is 5.43. The molecule has 0 radical (unpaired) electrons. The van der Waals surface area contributed by atoms with E-state index < -0.39 is 0 Å². The minimum atomic E-state index is -0.120. The maximum atomic E-state index is 6.12. The maximum absolute atomic E-state index is 6.12. The molecular formula is C14H21NO3. The topological polar surface area (TPSA) is 53.7 Å². The van der Waals surface area contributed by atoms with Crippen molar-refractivity contribution in [2.75, 3.05) is 20.8 Å². The van der Waals surface area contributed by atoms with Crippen LogP contribution >= 0.6 is 0 Å². The van der Waals surface area contributed by atoms with Crippen molar-refractivity contribution < 1.29 is 14.2 Å². The Kier molecular flexibility index (Phi) is 4.44. The SMILES string of the molecule is COc1ccc(C(N)COC2CCC2)cc1OC. The molecule has 18 heavy (non-hydrogen) atoms. The third kappa shape index (κ3) is 2.94. The van der Waals surface area contributed by atoms with Crippen LogP contribution < -0.4 is 15.2 Å². The van der Waals surface area contributed by atoms with Crippen LogP contribution in [0.4, 0.5) is 0 Å². The van der Waals surface area contributed by atoms with Gasteiger partial charge in [-0.25, -0.2) is 0 Å². The summed E-state index contributed by atoms with van der Waals surface area (Å²) in [4.78, 5) is 0. The summed E-state index contributed by atoms with van der Waals surface area (Å²) in [6, 6.07) is 5.62. The van der Waals surface area contributed by atoms with Gasteiger partial charge in [0.1, 0.15) is 0 Å². The summed E-state index contributed by atoms with van der Waals surface area (Å²) in [5.74, 6) is 1.42. The zero-order valence-electron chi connectivity index (χ0n) is 11.0. The minimum Gasteiger partial charge on any atom is -0.493 e. The molecule has 0 saturated heterocycles. The first-order chi connectivity index (χ1) is 8.74. The van der Waals surface area contributed by atoms with Crippen LogP contribution in [-0.2, 0) is 4.74 Å². The van der Waals surface area contributed by atoms with Crippen LogP contribution in [0.2, 0.25) is 0 Å². The van der Waals surface area contributed by atoms with E-state index in [0.717, 1.165) is 5.56 Å². The highest BCUT2D eigenvalue weighted by Crippen LogP contribution is 2.30. The van der Waals surface area contributed by atoms with Crippen LogP contribution in [-0.4, -0.2) is 26.9 Å². The second kappa shape index (κ2) is 6.07. The fourth-order valence-electron chi connectivity index (χ4n) is 1.96. The van der Waals surface area contributed by atoms with Crippen molar-refractivity contribution >= 4 is 0 Å². The monoisotopic (exact) mass is 251 g/mol. The van der Waals surface area contributed by atoms with Crippen LogP contribution in [0.15, 0.2) is 18.2 Å². The Labute approximate surface area is 108 Å². The number of benzene rings is 1. The molecule has 1 aliphatic rings. The summed E-state index contributed by atoms with van der Waals surface area (Å²) < 4.78 is 16.2. The quantitative estimate of drug-likeness (QED) is 0.842. The van der Waals surface area contributed by atoms with Crippen LogP contribution in [0.5, 0.6) is 11.5 Å². The fraction of sp³-hybridized carbons (Fsp3) is 0.571. The molecule has 1 aromatic carbocycles. The summed E-state index contributed by atoms with van der Waals surface area (Å²) in [5, 5.41) is 0. The Morgan fingerprint density at radius 2 is 1.94 bits per heavy atom. The van der Waals surface area contributed by atoms with Crippen molar-refractivity contribution in [2.24, 2.45) is 5.73 Å². The normalized spacial score (nSPS) is 17.1. The largest absolute Gasteiger partial charge is 0.493 e. The number of methoxy groups -OCH3 is 2. The molecule has 4 nitrogen and oxygen atoms in total. The predicted molar refractivity (Wildman–Crippen MR) is 70.1 cm³/mol. The lowest BCUT2D eigenvalue weighted by Gasteiger charge is -2.27. The van der Waals surface area contributed by atoms with Crippen molar-refractivity contribution in [3.8, 4) is 11.5 Å². The number of hydrogen-bond acceptors (Lipinski definition) is 4. The molecule has 1 fully saturated rings. The first-order valence-corrected chi connectivity index (χ1v) is 6.33. The van der Waals surface area contributed by atoms with Gasteiger partial charge < -0.3 is 19.9 Å². The van der Waals surface area contributed by atoms with E-state index in [0.29, 0.717) is 24.2 Å². The van der Waals surface area contributed by atoms with E-state index in [1.54, 1.807) is 14.2 Å². The van der Waals surface area contributed by atoms with Crippen molar-refractivity contribution in [1.82, 2.24) is 0 Å². The molecular weight excluding hydrogens is 230 g/mol. The van der Waals surface area contributed by atoms with E-state index in [-0.39, 0.29) is 6.04 Å². The van der Waals surface area contributed by atoms with Crippen molar-refractivity contribution in [3.05, 3.63) is 23.8 Å². The van der Waals surface area contributed by atoms with Gasteiger partial charge in [0.05, 0.1) is 33.0 Å². The third-order valence-electron chi connectivity index (χ3n) is 3.40. The maximum Gasteiger partial charge on any atom is 0.161 e. The average Bonchev–Trinajstić information content (AvgIpc) is 2.35. The summed E-state index contributed by atoms with van der Waals surface area (Å²) in [6.45, 7) is 0.556. The lowest BCUT2D eigenvalue weighted by atomic mass is 9.96. The van der Waals surface area contributed by atoms with Gasteiger partial charge in [0.15, 0.2) is 11.5 Å². The molecule has 100 valence electrons. The molecule has 0 bridgehead atoms. The van der Waals surface area contributed by atoms with E-state index >= 15 is 0 Å². The molecule has 1 unspecified atom stereocenters. The summed E-state index contributed by atoms with van der Waals surface area (Å²) in [6.07, 6.45) is 4.02. The molecule has 4 heteroatoms. The zero-order valence-corrected chi connectivity index (χ0v) is 11.0. The van der Waals surface area contributed by atoms with Crippen molar-refractivity contribution in [3.63, 3.8) is 0 Å². The molecule has 0 heterocycles. The molecule has 0 aliphatic heterocycles. The van der Waals surface area contributed by atoms with Crippen molar-refractivity contribution in [2.45, 2.75) is 31.4 Å². The zero-order chi connectivity index (χ0) is 13.0. The summed E-state index contributed by atoms with van der Waals surface area (Å²) in [7, 11) is 3.25. The first-order valence-electron chi connectivity index (χ1n) is 6.33. The predicted octanol–water partition coefficient (Wildman–Crippen LogP) is 2.27. The highest BCUT2D eigenvalue weighted by Gasteiger charge is 2.19. The van der Waals surface area contributed by atoms with Gasteiger partial charge in [0.25, 0.3) is 0 Å². The van der Waals surface area contributed by atoms with Crippen LogP contribution in [0.1, 0.15) is 30.9 Å². The average molecular weight is 251 g/mol. The number of hydrogen-bond donors (Lipinski definition) is 1. The van der Waals surface area contributed by atoms with Crippen LogP contribution in [0.3, 0.4) is 0 Å². The summed E-state index contributed by atoms with van der Waals surface area (Å²) >= 11 is 0. The van der Waals surface area contributed by atoms with Gasteiger partial charge in [-0.15, -0.1) is 0 Å². The lowest BCUT2D eigenvalue weighted by molar-refractivity contribution is -0.00447. The van der Waals surface area contributed by atoms with Crippen LogP contribution in [0, 0.1) is 0 Å². The molecule has 2 rings (SSSR count). The van der Waals surface area contributed by atoms with Crippen molar-refractivity contribution in [1.29, 1.82) is 0 Å². The Balaban J connectivity index is 1.97. The Hall–Kier alpha value is -1.26. The van der Waals surface area contributed by atoms with Gasteiger partial charge in [-0.3, -0.25) is 0 Å². The lowest BCUT2D eigenvalue weighted by Crippen LogP contribution is -2.26. The molecule has 2 N–H and O–H groups in total. The first kappa shape index (κ1) is 13.2. The van der Waals surface area contributed by atoms with E-state index in [9.17, 15) is 0 Å². The van der Waals surface area contributed by atoms with Gasteiger partial charge in [0, 0.05) is 0 Å². The smallest absolute Gasteiger partial charge is 0.161 e. The van der Waals surface area contributed by atoms with Gasteiger partial charge in [0.2, 0.25) is 0 Å². The second-order valence-electron chi connectivity index (χ2n) is 4.61. The molecule has 0 aromatic heterocycles. The van der Waals surface area contributed by atoms with E-state index in [1.165, 1.54) is 19.3 Å². The Morgan fingerprint density at radius 3 is 2.50 bits per heavy atom. The fourth-order valence-corrected chi connectivity index (χ4v) is 1.96.